The zero-order valence-electron chi connectivity index (χ0n) is 11.4. The summed E-state index contributed by atoms with van der Waals surface area (Å²) in [5.74, 6) is 0.334. The van der Waals surface area contributed by atoms with Gasteiger partial charge in [0.15, 0.2) is 0 Å². The van der Waals surface area contributed by atoms with Crippen molar-refractivity contribution in [3.05, 3.63) is 47.5 Å². The van der Waals surface area contributed by atoms with Crippen molar-refractivity contribution in [2.24, 2.45) is 5.41 Å². The van der Waals surface area contributed by atoms with Crippen LogP contribution in [0.15, 0.2) is 36.4 Å². The van der Waals surface area contributed by atoms with E-state index in [2.05, 4.69) is 12.6 Å². The molecule has 0 aliphatic heterocycles. The van der Waals surface area contributed by atoms with E-state index < -0.39 is 0 Å². The summed E-state index contributed by atoms with van der Waals surface area (Å²) in [6.45, 7) is 6.00. The van der Waals surface area contributed by atoms with Crippen molar-refractivity contribution < 1.29 is 4.79 Å². The van der Waals surface area contributed by atoms with E-state index >= 15 is 0 Å². The maximum absolute atomic E-state index is 12.2. The van der Waals surface area contributed by atoms with Crippen LogP contribution in [-0.4, -0.2) is 5.78 Å². The third kappa shape index (κ3) is 2.61. The Balaban J connectivity index is 2.21. The molecule has 0 amide bonds. The van der Waals surface area contributed by atoms with Crippen LogP contribution in [-0.2, 0) is 17.6 Å². The first-order chi connectivity index (χ1) is 9.08. The first-order valence-electron chi connectivity index (χ1n) is 6.72. The maximum Gasteiger partial charge on any atom is 0.143 e. The number of nitrogens with zero attached hydrogens (tertiary/aromatic N) is 1. The Morgan fingerprint density at radius 1 is 1.37 bits per heavy atom. The van der Waals surface area contributed by atoms with Crippen LogP contribution in [0.5, 0.6) is 0 Å². The topological polar surface area (TPSA) is 40.9 Å². The molecule has 1 atom stereocenters. The first-order valence-corrected chi connectivity index (χ1v) is 6.72. The van der Waals surface area contributed by atoms with Crippen LogP contribution in [0.4, 0.5) is 0 Å². The molecule has 0 saturated heterocycles. The quantitative estimate of drug-likeness (QED) is 0.769. The monoisotopic (exact) mass is 253 g/mol. The van der Waals surface area contributed by atoms with E-state index in [9.17, 15) is 4.79 Å². The molecule has 1 saturated carbocycles. The largest absolute Gasteiger partial charge is 0.299 e. The van der Waals surface area contributed by atoms with Gasteiger partial charge in [0.25, 0.3) is 0 Å². The van der Waals surface area contributed by atoms with Crippen molar-refractivity contribution in [3.63, 3.8) is 0 Å². The second kappa shape index (κ2) is 5.40. The third-order valence-electron chi connectivity index (χ3n) is 4.17. The molecular weight excluding hydrogens is 234 g/mol. The average Bonchev–Trinajstić information content (AvgIpc) is 2.75. The van der Waals surface area contributed by atoms with Gasteiger partial charge in [-0.2, -0.15) is 5.26 Å². The summed E-state index contributed by atoms with van der Waals surface area (Å²) in [5.41, 5.74) is 2.81. The van der Waals surface area contributed by atoms with E-state index in [1.165, 1.54) is 0 Å². The zero-order chi connectivity index (χ0) is 13.9. The van der Waals surface area contributed by atoms with Crippen LogP contribution in [0.2, 0.25) is 0 Å². The predicted octanol–water partition coefficient (Wildman–Crippen LogP) is 3.61. The molecule has 1 aliphatic carbocycles. The van der Waals surface area contributed by atoms with E-state index in [1.54, 1.807) is 0 Å². The minimum absolute atomic E-state index is 0.334. The highest BCUT2D eigenvalue weighted by Gasteiger charge is 2.42. The number of carbonyl (C=O) groups is 1. The van der Waals surface area contributed by atoms with E-state index in [0.717, 1.165) is 36.0 Å². The SMILES string of the molecule is C=C(C)C1(Cc2ccc(CC#N)cc2)CCCC1=O. The molecule has 0 aromatic heterocycles. The molecule has 2 nitrogen and oxygen atoms in total. The minimum atomic E-state index is -0.350. The second-order valence-corrected chi connectivity index (χ2v) is 5.47. The van der Waals surface area contributed by atoms with E-state index in [1.807, 2.05) is 31.2 Å². The zero-order valence-corrected chi connectivity index (χ0v) is 11.4. The fourth-order valence-corrected chi connectivity index (χ4v) is 2.93. The summed E-state index contributed by atoms with van der Waals surface area (Å²) < 4.78 is 0. The molecule has 2 rings (SSSR count). The molecule has 1 unspecified atom stereocenters. The molecule has 0 radical (unpaired) electrons. The van der Waals surface area contributed by atoms with Crippen molar-refractivity contribution in [2.45, 2.75) is 39.0 Å². The van der Waals surface area contributed by atoms with Gasteiger partial charge in [-0.05, 0) is 37.3 Å². The molecule has 0 heterocycles. The number of hydrogen-bond donors (Lipinski definition) is 0. The molecule has 19 heavy (non-hydrogen) atoms. The highest BCUT2D eigenvalue weighted by Crippen LogP contribution is 2.43. The summed E-state index contributed by atoms with van der Waals surface area (Å²) >= 11 is 0. The summed E-state index contributed by atoms with van der Waals surface area (Å²) in [4.78, 5) is 12.2. The fourth-order valence-electron chi connectivity index (χ4n) is 2.93. The van der Waals surface area contributed by atoms with Gasteiger partial charge in [-0.15, -0.1) is 0 Å². The Morgan fingerprint density at radius 3 is 2.47 bits per heavy atom. The highest BCUT2D eigenvalue weighted by molar-refractivity contribution is 5.89. The molecule has 1 aliphatic rings. The maximum atomic E-state index is 12.2. The number of Topliss-reactive ketones (excluding diaryl/α,β-unsaturated/α-hetero) is 1. The van der Waals surface area contributed by atoms with Crippen LogP contribution >= 0.6 is 0 Å². The van der Waals surface area contributed by atoms with Gasteiger partial charge in [-0.3, -0.25) is 4.79 Å². The molecule has 98 valence electrons. The van der Waals surface area contributed by atoms with Crippen molar-refractivity contribution in [2.75, 3.05) is 0 Å². The number of benzene rings is 1. The molecule has 0 spiro atoms. The summed E-state index contributed by atoms with van der Waals surface area (Å²) in [6.07, 6.45) is 3.75. The van der Waals surface area contributed by atoms with Crippen molar-refractivity contribution in [1.29, 1.82) is 5.26 Å². The Kier molecular flexibility index (Phi) is 3.85. The van der Waals surface area contributed by atoms with Crippen molar-refractivity contribution >= 4 is 5.78 Å². The Morgan fingerprint density at radius 2 is 2.00 bits per heavy atom. The van der Waals surface area contributed by atoms with Crippen LogP contribution in [0, 0.1) is 16.7 Å². The lowest BCUT2D eigenvalue weighted by molar-refractivity contribution is -0.124. The van der Waals surface area contributed by atoms with E-state index in [-0.39, 0.29) is 5.41 Å². The van der Waals surface area contributed by atoms with Gasteiger partial charge in [0.1, 0.15) is 5.78 Å². The van der Waals surface area contributed by atoms with E-state index in [0.29, 0.717) is 18.6 Å². The third-order valence-corrected chi connectivity index (χ3v) is 4.17. The number of allylic oxidation sites excluding steroid dienone is 1. The molecule has 2 heteroatoms. The first kappa shape index (κ1) is 13.5. The van der Waals surface area contributed by atoms with Crippen LogP contribution in [0.1, 0.15) is 37.3 Å². The van der Waals surface area contributed by atoms with Gasteiger partial charge in [0.05, 0.1) is 17.9 Å². The minimum Gasteiger partial charge on any atom is -0.299 e. The molecule has 1 fully saturated rings. The van der Waals surface area contributed by atoms with Crippen molar-refractivity contribution in [1.82, 2.24) is 0 Å². The number of nitriles is 1. The van der Waals surface area contributed by atoms with Gasteiger partial charge < -0.3 is 0 Å². The fraction of sp³-hybridized carbons (Fsp3) is 0.412. The van der Waals surface area contributed by atoms with Crippen LogP contribution < -0.4 is 0 Å². The summed E-state index contributed by atoms with van der Waals surface area (Å²) in [7, 11) is 0. The number of hydrogen-bond acceptors (Lipinski definition) is 2. The van der Waals surface area contributed by atoms with Crippen LogP contribution in [0.3, 0.4) is 0 Å². The lowest BCUT2D eigenvalue weighted by Crippen LogP contribution is -2.29. The Hall–Kier alpha value is -1.88. The lowest BCUT2D eigenvalue weighted by Gasteiger charge is -2.28. The standard InChI is InChI=1S/C17H19NO/c1-13(2)17(10-3-4-16(17)19)12-15-7-5-14(6-8-15)9-11-18/h5-8H,1,3-4,9-10,12H2,2H3. The number of ketones is 1. The normalized spacial score (nSPS) is 22.2. The van der Waals surface area contributed by atoms with Gasteiger partial charge in [0, 0.05) is 6.42 Å². The Bertz CT molecular complexity index is 535. The molecule has 1 aromatic rings. The van der Waals surface area contributed by atoms with E-state index in [4.69, 9.17) is 5.26 Å². The van der Waals surface area contributed by atoms with Gasteiger partial charge >= 0.3 is 0 Å². The smallest absolute Gasteiger partial charge is 0.143 e. The predicted molar refractivity (Wildman–Crippen MR) is 75.6 cm³/mol. The summed E-state index contributed by atoms with van der Waals surface area (Å²) in [5, 5.41) is 8.66. The number of carbonyl (C=O) groups excluding carboxylic acids is 1. The van der Waals surface area contributed by atoms with Crippen LogP contribution in [0.25, 0.3) is 0 Å². The van der Waals surface area contributed by atoms with Gasteiger partial charge in [-0.25, -0.2) is 0 Å². The lowest BCUT2D eigenvalue weighted by atomic mass is 9.74. The second-order valence-electron chi connectivity index (χ2n) is 5.47. The van der Waals surface area contributed by atoms with Gasteiger partial charge in [-0.1, -0.05) is 36.4 Å². The molecule has 0 bridgehead atoms. The van der Waals surface area contributed by atoms with Gasteiger partial charge in [0.2, 0.25) is 0 Å². The highest BCUT2D eigenvalue weighted by atomic mass is 16.1. The molecule has 0 N–H and O–H groups in total. The number of rotatable bonds is 4. The van der Waals surface area contributed by atoms with Crippen molar-refractivity contribution in [3.8, 4) is 6.07 Å². The summed E-state index contributed by atoms with van der Waals surface area (Å²) in [6, 6.07) is 10.2. The average molecular weight is 253 g/mol. The molecule has 1 aromatic carbocycles. The Labute approximate surface area is 114 Å². The molecular formula is C17H19NO.